The van der Waals surface area contributed by atoms with Crippen molar-refractivity contribution in [3.8, 4) is 5.75 Å². The van der Waals surface area contributed by atoms with Crippen molar-refractivity contribution >= 4 is 11.7 Å². The molecule has 1 atom stereocenters. The predicted molar refractivity (Wildman–Crippen MR) is 57.9 cm³/mol. The zero-order valence-corrected chi connectivity index (χ0v) is 9.01. The van der Waals surface area contributed by atoms with Gasteiger partial charge in [-0.1, -0.05) is 18.2 Å². The number of phenolic OH excluding ortho intramolecular Hbond substituents is 1. The van der Waals surface area contributed by atoms with Crippen molar-refractivity contribution in [2.75, 3.05) is 7.05 Å². The minimum atomic E-state index is -0.637. The monoisotopic (exact) mass is 219 g/mol. The van der Waals surface area contributed by atoms with Gasteiger partial charge in [0.15, 0.2) is 5.78 Å². The molecule has 1 fully saturated rings. The molecular formula is C12H13NO3. The summed E-state index contributed by atoms with van der Waals surface area (Å²) in [6, 6.07) is 5.99. The number of Topliss-reactive ketones (excluding diaryl/α,β-unsaturated/α-hetero) is 1. The first-order chi connectivity index (χ1) is 7.61. The normalized spacial score (nSPS) is 21.3. The number of carbonyl (C=O) groups is 2. The largest absolute Gasteiger partial charge is 0.508 e. The Kier molecular flexibility index (Phi) is 2.64. The van der Waals surface area contributed by atoms with E-state index in [4.69, 9.17) is 0 Å². The third kappa shape index (κ3) is 1.66. The van der Waals surface area contributed by atoms with Crippen LogP contribution in [0.25, 0.3) is 0 Å². The van der Waals surface area contributed by atoms with E-state index in [1.165, 1.54) is 11.0 Å². The van der Waals surface area contributed by atoms with Crippen molar-refractivity contribution < 1.29 is 14.7 Å². The first kappa shape index (κ1) is 10.7. The van der Waals surface area contributed by atoms with Crippen LogP contribution < -0.4 is 0 Å². The van der Waals surface area contributed by atoms with Gasteiger partial charge in [-0.15, -0.1) is 0 Å². The lowest BCUT2D eigenvalue weighted by Crippen LogP contribution is -2.40. The highest BCUT2D eigenvalue weighted by molar-refractivity contribution is 5.96. The zero-order chi connectivity index (χ0) is 11.7. The SMILES string of the molecule is CN1C(=O)CCC(=O)C1c1ccccc1O. The summed E-state index contributed by atoms with van der Waals surface area (Å²) in [5.41, 5.74) is 0.503. The number of para-hydroxylation sites is 1. The maximum atomic E-state index is 11.8. The Hall–Kier alpha value is -1.84. The van der Waals surface area contributed by atoms with Crippen LogP contribution in [0.5, 0.6) is 5.75 Å². The van der Waals surface area contributed by atoms with E-state index < -0.39 is 6.04 Å². The van der Waals surface area contributed by atoms with Gasteiger partial charge in [0.1, 0.15) is 11.8 Å². The molecule has 1 heterocycles. The van der Waals surface area contributed by atoms with Crippen molar-refractivity contribution in [3.05, 3.63) is 29.8 Å². The number of hydrogen-bond donors (Lipinski definition) is 1. The standard InChI is InChI=1S/C12H13NO3/c1-13-11(16)7-6-10(15)12(13)8-4-2-3-5-9(8)14/h2-5,12,14H,6-7H2,1H3. The van der Waals surface area contributed by atoms with E-state index in [0.29, 0.717) is 5.56 Å². The topological polar surface area (TPSA) is 57.6 Å². The lowest BCUT2D eigenvalue weighted by molar-refractivity contribution is -0.143. The molecule has 1 saturated heterocycles. The Morgan fingerprint density at radius 3 is 2.62 bits per heavy atom. The molecule has 16 heavy (non-hydrogen) atoms. The average molecular weight is 219 g/mol. The predicted octanol–water partition coefficient (Wildman–Crippen LogP) is 1.25. The second-order valence-corrected chi connectivity index (χ2v) is 3.93. The highest BCUT2D eigenvalue weighted by Crippen LogP contribution is 2.32. The average Bonchev–Trinajstić information content (AvgIpc) is 2.27. The second kappa shape index (κ2) is 3.96. The van der Waals surface area contributed by atoms with E-state index in [9.17, 15) is 14.7 Å². The van der Waals surface area contributed by atoms with E-state index in [-0.39, 0.29) is 30.3 Å². The molecule has 0 radical (unpaired) electrons. The molecule has 4 nitrogen and oxygen atoms in total. The van der Waals surface area contributed by atoms with E-state index in [1.807, 2.05) is 0 Å². The molecule has 2 rings (SSSR count). The fourth-order valence-electron chi connectivity index (χ4n) is 2.00. The lowest BCUT2D eigenvalue weighted by atomic mass is 9.93. The Morgan fingerprint density at radius 1 is 1.25 bits per heavy atom. The first-order valence-electron chi connectivity index (χ1n) is 5.17. The lowest BCUT2D eigenvalue weighted by Gasteiger charge is -2.31. The molecule has 1 aromatic carbocycles. The maximum Gasteiger partial charge on any atom is 0.223 e. The van der Waals surface area contributed by atoms with Gasteiger partial charge in [0.25, 0.3) is 0 Å². The Bertz CT molecular complexity index is 442. The quantitative estimate of drug-likeness (QED) is 0.773. The van der Waals surface area contributed by atoms with Crippen LogP contribution in [-0.2, 0) is 9.59 Å². The number of rotatable bonds is 1. The number of ketones is 1. The number of aromatic hydroxyl groups is 1. The Balaban J connectivity index is 2.41. The highest BCUT2D eigenvalue weighted by Gasteiger charge is 2.34. The molecule has 1 aliphatic rings. The zero-order valence-electron chi connectivity index (χ0n) is 9.01. The van der Waals surface area contributed by atoms with Gasteiger partial charge in [-0.3, -0.25) is 9.59 Å². The van der Waals surface area contributed by atoms with Gasteiger partial charge in [-0.05, 0) is 6.07 Å². The van der Waals surface area contributed by atoms with Crippen LogP contribution in [0.1, 0.15) is 24.4 Å². The molecule has 0 aromatic heterocycles. The molecule has 0 bridgehead atoms. The van der Waals surface area contributed by atoms with Gasteiger partial charge in [-0.25, -0.2) is 0 Å². The molecule has 1 aromatic rings. The van der Waals surface area contributed by atoms with Gasteiger partial charge < -0.3 is 10.0 Å². The van der Waals surface area contributed by atoms with E-state index in [0.717, 1.165) is 0 Å². The first-order valence-corrected chi connectivity index (χ1v) is 5.17. The van der Waals surface area contributed by atoms with Gasteiger partial charge in [0.05, 0.1) is 0 Å². The summed E-state index contributed by atoms with van der Waals surface area (Å²) in [6.45, 7) is 0. The molecule has 1 aliphatic heterocycles. The van der Waals surface area contributed by atoms with Crippen LogP contribution in [0.2, 0.25) is 0 Å². The molecule has 1 N–H and O–H groups in total. The minimum Gasteiger partial charge on any atom is -0.508 e. The van der Waals surface area contributed by atoms with Crippen LogP contribution in [-0.4, -0.2) is 28.7 Å². The Morgan fingerprint density at radius 2 is 1.94 bits per heavy atom. The summed E-state index contributed by atoms with van der Waals surface area (Å²) in [5.74, 6) is -0.0288. The summed E-state index contributed by atoms with van der Waals surface area (Å²) < 4.78 is 0. The number of piperidine rings is 1. The van der Waals surface area contributed by atoms with E-state index in [2.05, 4.69) is 0 Å². The highest BCUT2D eigenvalue weighted by atomic mass is 16.3. The van der Waals surface area contributed by atoms with Gasteiger partial charge in [0.2, 0.25) is 5.91 Å². The molecule has 1 amide bonds. The van der Waals surface area contributed by atoms with Crippen molar-refractivity contribution in [1.29, 1.82) is 0 Å². The van der Waals surface area contributed by atoms with Crippen molar-refractivity contribution in [1.82, 2.24) is 4.90 Å². The minimum absolute atomic E-state index is 0.0244. The summed E-state index contributed by atoms with van der Waals surface area (Å²) in [6.07, 6.45) is 0.515. The molecule has 84 valence electrons. The van der Waals surface area contributed by atoms with Crippen LogP contribution >= 0.6 is 0 Å². The van der Waals surface area contributed by atoms with Crippen LogP contribution in [0.4, 0.5) is 0 Å². The summed E-state index contributed by atoms with van der Waals surface area (Å²) >= 11 is 0. The fourth-order valence-corrected chi connectivity index (χ4v) is 2.00. The molecule has 4 heteroatoms. The van der Waals surface area contributed by atoms with E-state index >= 15 is 0 Å². The van der Waals surface area contributed by atoms with Gasteiger partial charge >= 0.3 is 0 Å². The van der Waals surface area contributed by atoms with Crippen LogP contribution in [0, 0.1) is 0 Å². The number of hydrogen-bond acceptors (Lipinski definition) is 3. The van der Waals surface area contributed by atoms with Gasteiger partial charge in [0, 0.05) is 25.5 Å². The number of amides is 1. The maximum absolute atomic E-state index is 11.8. The van der Waals surface area contributed by atoms with Crippen molar-refractivity contribution in [2.24, 2.45) is 0 Å². The van der Waals surface area contributed by atoms with Crippen molar-refractivity contribution in [2.45, 2.75) is 18.9 Å². The number of benzene rings is 1. The second-order valence-electron chi connectivity index (χ2n) is 3.93. The third-order valence-electron chi connectivity index (χ3n) is 2.90. The summed E-state index contributed by atoms with van der Waals surface area (Å²) in [7, 11) is 1.59. The Labute approximate surface area is 93.5 Å². The molecule has 0 spiro atoms. The molecular weight excluding hydrogens is 206 g/mol. The van der Waals surface area contributed by atoms with E-state index in [1.54, 1.807) is 25.2 Å². The number of phenols is 1. The summed E-state index contributed by atoms with van der Waals surface area (Å²) in [4.78, 5) is 24.7. The smallest absolute Gasteiger partial charge is 0.223 e. The van der Waals surface area contributed by atoms with Gasteiger partial charge in [-0.2, -0.15) is 0 Å². The molecule has 0 aliphatic carbocycles. The summed E-state index contributed by atoms with van der Waals surface area (Å²) in [5, 5.41) is 9.69. The third-order valence-corrected chi connectivity index (χ3v) is 2.90. The number of likely N-dealkylation sites (tertiary alicyclic amines) is 1. The molecule has 0 saturated carbocycles. The fraction of sp³-hybridized carbons (Fsp3) is 0.333. The number of nitrogens with zero attached hydrogens (tertiary/aromatic N) is 1. The van der Waals surface area contributed by atoms with Crippen LogP contribution in [0.15, 0.2) is 24.3 Å². The number of likely N-dealkylation sites (N-methyl/N-ethyl adjacent to an activating group) is 1. The van der Waals surface area contributed by atoms with Crippen molar-refractivity contribution in [3.63, 3.8) is 0 Å². The molecule has 1 unspecified atom stereocenters. The van der Waals surface area contributed by atoms with Crippen LogP contribution in [0.3, 0.4) is 0 Å². The number of carbonyl (C=O) groups excluding carboxylic acids is 2.